The molecule has 3 rings (SSSR count). The molecule has 1 aliphatic heterocycles. The van der Waals surface area contributed by atoms with Crippen LogP contribution in [0.5, 0.6) is 0 Å². The first-order valence-corrected chi connectivity index (χ1v) is 7.82. The third-order valence-corrected chi connectivity index (χ3v) is 4.04. The number of hydrogen-bond donors (Lipinski definition) is 0. The van der Waals surface area contributed by atoms with Crippen LogP contribution in [0.15, 0.2) is 59.4 Å². The van der Waals surface area contributed by atoms with E-state index < -0.39 is 0 Å². The average Bonchev–Trinajstić information content (AvgIpc) is 2.51. The van der Waals surface area contributed by atoms with E-state index in [0.717, 1.165) is 30.7 Å². The highest BCUT2D eigenvalue weighted by molar-refractivity contribution is 14.1. The highest BCUT2D eigenvalue weighted by atomic mass is 127. The fraction of sp³-hybridized carbons (Fsp3) is 0.176. The molecule has 1 aromatic carbocycles. The van der Waals surface area contributed by atoms with Crippen LogP contribution in [0.3, 0.4) is 0 Å². The molecular formula is C17H15IN2. The highest BCUT2D eigenvalue weighted by Gasteiger charge is 2.13. The van der Waals surface area contributed by atoms with Crippen LogP contribution in [-0.4, -0.2) is 17.2 Å². The van der Waals surface area contributed by atoms with Crippen LogP contribution >= 0.6 is 22.6 Å². The number of aliphatic imine (C=N–C) groups is 1. The smallest absolute Gasteiger partial charge is 0.0694 e. The molecule has 20 heavy (non-hydrogen) atoms. The summed E-state index contributed by atoms with van der Waals surface area (Å²) in [5.74, 6) is 0. The first kappa shape index (κ1) is 13.5. The summed E-state index contributed by atoms with van der Waals surface area (Å²) < 4.78 is 1.26. The maximum Gasteiger partial charge on any atom is 0.0694 e. The van der Waals surface area contributed by atoms with E-state index in [1.165, 1.54) is 14.7 Å². The lowest BCUT2D eigenvalue weighted by atomic mass is 9.95. The number of halogens is 1. The van der Waals surface area contributed by atoms with E-state index in [4.69, 9.17) is 4.99 Å². The van der Waals surface area contributed by atoms with Crippen molar-refractivity contribution < 1.29 is 0 Å². The maximum absolute atomic E-state index is 4.70. The van der Waals surface area contributed by atoms with Gasteiger partial charge in [-0.25, -0.2) is 0 Å². The minimum atomic E-state index is 0.911. The summed E-state index contributed by atoms with van der Waals surface area (Å²) in [6.45, 7) is 0.911. The third kappa shape index (κ3) is 3.15. The van der Waals surface area contributed by atoms with Gasteiger partial charge in [-0.2, -0.15) is 0 Å². The lowest BCUT2D eigenvalue weighted by Gasteiger charge is -2.16. The Balaban J connectivity index is 1.97. The summed E-state index contributed by atoms with van der Waals surface area (Å²) >= 11 is 2.33. The van der Waals surface area contributed by atoms with Crippen molar-refractivity contribution in [1.82, 2.24) is 4.98 Å². The molecule has 0 saturated heterocycles. The minimum Gasteiger partial charge on any atom is -0.284 e. The molecule has 2 heterocycles. The van der Waals surface area contributed by atoms with Crippen LogP contribution in [0.4, 0.5) is 0 Å². The second kappa shape index (κ2) is 6.31. The summed E-state index contributed by atoms with van der Waals surface area (Å²) in [5.41, 5.74) is 4.76. The SMILES string of the molecule is Ic1ccc(C=C2CCCN=C2c2cccnc2)cc1. The van der Waals surface area contributed by atoms with Crippen molar-refractivity contribution in [1.29, 1.82) is 0 Å². The summed E-state index contributed by atoms with van der Waals surface area (Å²) in [6.07, 6.45) is 8.15. The summed E-state index contributed by atoms with van der Waals surface area (Å²) in [6, 6.07) is 12.6. The average molecular weight is 374 g/mol. The van der Waals surface area contributed by atoms with Gasteiger partial charge < -0.3 is 0 Å². The minimum absolute atomic E-state index is 0.911. The fourth-order valence-corrected chi connectivity index (χ4v) is 2.72. The molecule has 0 atom stereocenters. The summed E-state index contributed by atoms with van der Waals surface area (Å²) in [5, 5.41) is 0. The van der Waals surface area contributed by atoms with E-state index in [0.29, 0.717) is 0 Å². The largest absolute Gasteiger partial charge is 0.284 e. The Morgan fingerprint density at radius 1 is 1.10 bits per heavy atom. The molecule has 0 radical (unpaired) electrons. The van der Waals surface area contributed by atoms with Crippen molar-refractivity contribution in [2.45, 2.75) is 12.8 Å². The molecule has 0 unspecified atom stereocenters. The number of allylic oxidation sites excluding steroid dienone is 1. The van der Waals surface area contributed by atoms with E-state index in [9.17, 15) is 0 Å². The second-order valence-electron chi connectivity index (χ2n) is 4.80. The van der Waals surface area contributed by atoms with Crippen LogP contribution in [0.2, 0.25) is 0 Å². The molecule has 0 fully saturated rings. The highest BCUT2D eigenvalue weighted by Crippen LogP contribution is 2.22. The van der Waals surface area contributed by atoms with Crippen molar-refractivity contribution in [3.63, 3.8) is 0 Å². The van der Waals surface area contributed by atoms with Crippen LogP contribution in [0, 0.1) is 3.57 Å². The van der Waals surface area contributed by atoms with Gasteiger partial charge in [0, 0.05) is 28.1 Å². The number of pyridine rings is 1. The molecule has 2 aromatic rings. The van der Waals surface area contributed by atoms with Crippen LogP contribution in [-0.2, 0) is 0 Å². The molecule has 0 aliphatic carbocycles. The van der Waals surface area contributed by atoms with Gasteiger partial charge in [-0.05, 0) is 76.9 Å². The van der Waals surface area contributed by atoms with Gasteiger partial charge in [-0.15, -0.1) is 0 Å². The standard InChI is InChI=1S/C17H15IN2/c18-16-7-5-13(6-8-16)11-14-3-2-10-20-17(14)15-4-1-9-19-12-15/h1,4-9,11-12H,2-3,10H2. The molecular weight excluding hydrogens is 359 g/mol. The second-order valence-corrected chi connectivity index (χ2v) is 6.04. The molecule has 0 N–H and O–H groups in total. The Labute approximate surface area is 132 Å². The number of nitrogens with zero attached hydrogens (tertiary/aromatic N) is 2. The Bertz CT molecular complexity index is 642. The molecule has 3 heteroatoms. The van der Waals surface area contributed by atoms with Crippen molar-refractivity contribution in [3.8, 4) is 0 Å². The molecule has 1 aromatic heterocycles. The quantitative estimate of drug-likeness (QED) is 0.718. The van der Waals surface area contributed by atoms with Gasteiger partial charge in [0.1, 0.15) is 0 Å². The van der Waals surface area contributed by atoms with E-state index in [1.54, 1.807) is 6.20 Å². The monoisotopic (exact) mass is 374 g/mol. The van der Waals surface area contributed by atoms with Gasteiger partial charge in [0.25, 0.3) is 0 Å². The fourth-order valence-electron chi connectivity index (χ4n) is 2.36. The van der Waals surface area contributed by atoms with Gasteiger partial charge in [0.15, 0.2) is 0 Å². The first-order valence-electron chi connectivity index (χ1n) is 6.74. The number of aromatic nitrogens is 1. The van der Waals surface area contributed by atoms with Gasteiger partial charge in [-0.1, -0.05) is 12.1 Å². The first-order chi connectivity index (χ1) is 9.83. The Morgan fingerprint density at radius 3 is 2.70 bits per heavy atom. The van der Waals surface area contributed by atoms with E-state index >= 15 is 0 Å². The third-order valence-electron chi connectivity index (χ3n) is 3.32. The number of benzene rings is 1. The van der Waals surface area contributed by atoms with Crippen molar-refractivity contribution in [3.05, 3.63) is 69.1 Å². The van der Waals surface area contributed by atoms with Gasteiger partial charge >= 0.3 is 0 Å². The number of hydrogen-bond acceptors (Lipinski definition) is 2. The Morgan fingerprint density at radius 2 is 1.95 bits per heavy atom. The number of rotatable bonds is 2. The zero-order chi connectivity index (χ0) is 13.8. The summed E-state index contributed by atoms with van der Waals surface area (Å²) in [4.78, 5) is 8.91. The predicted molar refractivity (Wildman–Crippen MR) is 92.0 cm³/mol. The topological polar surface area (TPSA) is 25.2 Å². The van der Waals surface area contributed by atoms with Crippen molar-refractivity contribution in [2.24, 2.45) is 4.99 Å². The van der Waals surface area contributed by atoms with E-state index in [1.807, 2.05) is 12.3 Å². The van der Waals surface area contributed by atoms with E-state index in [-0.39, 0.29) is 0 Å². The van der Waals surface area contributed by atoms with Crippen LogP contribution in [0.1, 0.15) is 24.0 Å². The van der Waals surface area contributed by atoms with Gasteiger partial charge in [0.2, 0.25) is 0 Å². The van der Waals surface area contributed by atoms with Gasteiger partial charge in [0.05, 0.1) is 5.71 Å². The molecule has 0 saturated carbocycles. The molecule has 2 nitrogen and oxygen atoms in total. The van der Waals surface area contributed by atoms with E-state index in [2.05, 4.69) is 64.0 Å². The zero-order valence-corrected chi connectivity index (χ0v) is 13.2. The zero-order valence-electron chi connectivity index (χ0n) is 11.1. The van der Waals surface area contributed by atoms with Crippen molar-refractivity contribution in [2.75, 3.05) is 6.54 Å². The predicted octanol–water partition coefficient (Wildman–Crippen LogP) is 4.35. The van der Waals surface area contributed by atoms with Crippen LogP contribution < -0.4 is 0 Å². The lowest BCUT2D eigenvalue weighted by molar-refractivity contribution is 0.818. The van der Waals surface area contributed by atoms with Crippen molar-refractivity contribution >= 4 is 34.4 Å². The maximum atomic E-state index is 4.70. The molecule has 100 valence electrons. The molecule has 0 spiro atoms. The Hall–Kier alpha value is -1.49. The van der Waals surface area contributed by atoms with Crippen LogP contribution in [0.25, 0.3) is 6.08 Å². The normalized spacial score (nSPS) is 17.1. The van der Waals surface area contributed by atoms with Gasteiger partial charge in [-0.3, -0.25) is 9.98 Å². The molecule has 1 aliphatic rings. The summed E-state index contributed by atoms with van der Waals surface area (Å²) in [7, 11) is 0. The molecule has 0 amide bonds. The lowest BCUT2D eigenvalue weighted by Crippen LogP contribution is -2.11. The Kier molecular flexibility index (Phi) is 4.25. The molecule has 0 bridgehead atoms.